The Hall–Kier alpha value is -2.73. The van der Waals surface area contributed by atoms with Crippen LogP contribution in [0.4, 0.5) is 8.78 Å². The summed E-state index contributed by atoms with van der Waals surface area (Å²) in [4.78, 5) is -0.0965. The molecule has 0 N–H and O–H groups in total. The Balaban J connectivity index is 2.10. The number of sulfone groups is 1. The number of rotatable bonds is 4. The second-order valence-electron chi connectivity index (χ2n) is 5.30. The Morgan fingerprint density at radius 3 is 2.16 bits per heavy atom. The molecule has 3 aromatic rings. The normalized spacial score (nSPS) is 11.3. The van der Waals surface area contributed by atoms with Gasteiger partial charge >= 0.3 is 0 Å². The van der Waals surface area contributed by atoms with E-state index in [0.717, 1.165) is 12.1 Å². The maximum absolute atomic E-state index is 14.6. The van der Waals surface area contributed by atoms with Crippen molar-refractivity contribution < 1.29 is 21.9 Å². The molecule has 0 amide bonds. The SMILES string of the molecule is COc1ccc(F)cc1-c1ccc(S(=O)(=O)c2ccccc2)cc1F. The first-order valence-corrected chi connectivity index (χ1v) is 8.85. The average molecular weight is 360 g/mol. The highest BCUT2D eigenvalue weighted by molar-refractivity contribution is 7.91. The highest BCUT2D eigenvalue weighted by Gasteiger charge is 2.20. The molecule has 0 fully saturated rings. The van der Waals surface area contributed by atoms with Crippen molar-refractivity contribution >= 4 is 9.84 Å². The molecule has 3 nitrogen and oxygen atoms in total. The summed E-state index contributed by atoms with van der Waals surface area (Å²) in [6.07, 6.45) is 0. The molecule has 0 heterocycles. The van der Waals surface area contributed by atoms with Crippen LogP contribution in [0.3, 0.4) is 0 Å². The first-order valence-electron chi connectivity index (χ1n) is 7.37. The third-order valence-corrected chi connectivity index (χ3v) is 5.52. The summed E-state index contributed by atoms with van der Waals surface area (Å²) in [5.74, 6) is -1.03. The van der Waals surface area contributed by atoms with Crippen LogP contribution in [-0.4, -0.2) is 15.5 Å². The Bertz CT molecular complexity index is 1020. The van der Waals surface area contributed by atoms with Crippen LogP contribution >= 0.6 is 0 Å². The summed E-state index contributed by atoms with van der Waals surface area (Å²) in [6, 6.07) is 15.0. The monoisotopic (exact) mass is 360 g/mol. The van der Waals surface area contributed by atoms with Gasteiger partial charge in [0.1, 0.15) is 17.4 Å². The lowest BCUT2D eigenvalue weighted by molar-refractivity contribution is 0.415. The number of ether oxygens (including phenoxy) is 1. The Labute approximate surface area is 144 Å². The number of benzene rings is 3. The highest BCUT2D eigenvalue weighted by Crippen LogP contribution is 2.34. The van der Waals surface area contributed by atoms with Gasteiger partial charge in [0.05, 0.1) is 16.9 Å². The maximum atomic E-state index is 14.6. The summed E-state index contributed by atoms with van der Waals surface area (Å²) in [5.41, 5.74) is 0.270. The van der Waals surface area contributed by atoms with Gasteiger partial charge < -0.3 is 4.74 Å². The van der Waals surface area contributed by atoms with Gasteiger partial charge in [-0.25, -0.2) is 17.2 Å². The summed E-state index contributed by atoms with van der Waals surface area (Å²) in [6.45, 7) is 0. The Kier molecular flexibility index (Phi) is 4.55. The fourth-order valence-corrected chi connectivity index (χ4v) is 3.80. The maximum Gasteiger partial charge on any atom is 0.206 e. The number of hydrogen-bond acceptors (Lipinski definition) is 3. The lowest BCUT2D eigenvalue weighted by atomic mass is 10.0. The van der Waals surface area contributed by atoms with Crippen LogP contribution in [0.2, 0.25) is 0 Å². The highest BCUT2D eigenvalue weighted by atomic mass is 32.2. The zero-order valence-electron chi connectivity index (χ0n) is 13.2. The van der Waals surface area contributed by atoms with Crippen molar-refractivity contribution in [2.45, 2.75) is 9.79 Å². The molecule has 0 aliphatic rings. The van der Waals surface area contributed by atoms with Crippen molar-refractivity contribution in [3.8, 4) is 16.9 Å². The van der Waals surface area contributed by atoms with Crippen LogP contribution in [0.15, 0.2) is 76.5 Å². The van der Waals surface area contributed by atoms with E-state index in [4.69, 9.17) is 4.74 Å². The zero-order chi connectivity index (χ0) is 18.0. The molecular weight excluding hydrogens is 346 g/mol. The number of hydrogen-bond donors (Lipinski definition) is 0. The molecule has 3 rings (SSSR count). The van der Waals surface area contributed by atoms with Gasteiger partial charge in [-0.2, -0.15) is 0 Å². The third-order valence-electron chi connectivity index (χ3n) is 3.76. The van der Waals surface area contributed by atoms with Crippen LogP contribution in [0, 0.1) is 11.6 Å². The van der Waals surface area contributed by atoms with Crippen LogP contribution in [0.5, 0.6) is 5.75 Å². The van der Waals surface area contributed by atoms with Gasteiger partial charge in [-0.3, -0.25) is 0 Å². The molecule has 3 aromatic carbocycles. The molecule has 0 saturated carbocycles. The fourth-order valence-electron chi connectivity index (χ4n) is 2.51. The van der Waals surface area contributed by atoms with E-state index in [9.17, 15) is 17.2 Å². The van der Waals surface area contributed by atoms with E-state index in [1.165, 1.54) is 43.5 Å². The zero-order valence-corrected chi connectivity index (χ0v) is 14.1. The smallest absolute Gasteiger partial charge is 0.206 e. The number of methoxy groups -OCH3 is 1. The quantitative estimate of drug-likeness (QED) is 0.689. The van der Waals surface area contributed by atoms with E-state index < -0.39 is 21.5 Å². The second kappa shape index (κ2) is 6.64. The Morgan fingerprint density at radius 1 is 0.800 bits per heavy atom. The lowest BCUT2D eigenvalue weighted by Gasteiger charge is -2.11. The molecule has 0 aliphatic heterocycles. The molecule has 6 heteroatoms. The van der Waals surface area contributed by atoms with Gasteiger partial charge in [-0.15, -0.1) is 0 Å². The minimum Gasteiger partial charge on any atom is -0.496 e. The van der Waals surface area contributed by atoms with Crippen LogP contribution in [0.25, 0.3) is 11.1 Å². The predicted molar refractivity (Wildman–Crippen MR) is 90.2 cm³/mol. The first-order chi connectivity index (χ1) is 11.9. The van der Waals surface area contributed by atoms with Crippen molar-refractivity contribution in [3.63, 3.8) is 0 Å². The third kappa shape index (κ3) is 3.25. The van der Waals surface area contributed by atoms with Gasteiger partial charge in [0, 0.05) is 11.1 Å². The van der Waals surface area contributed by atoms with Crippen molar-refractivity contribution in [2.24, 2.45) is 0 Å². The van der Waals surface area contributed by atoms with Crippen LogP contribution in [-0.2, 0) is 9.84 Å². The van der Waals surface area contributed by atoms with Gasteiger partial charge in [0.25, 0.3) is 0 Å². The standard InChI is InChI=1S/C19H14F2O3S/c1-24-19-10-7-13(20)11-17(19)16-9-8-15(12-18(16)21)25(22,23)14-5-3-2-4-6-14/h2-12H,1H3. The Morgan fingerprint density at radius 2 is 1.52 bits per heavy atom. The molecule has 0 aliphatic carbocycles. The van der Waals surface area contributed by atoms with Gasteiger partial charge in [-0.05, 0) is 48.5 Å². The lowest BCUT2D eigenvalue weighted by Crippen LogP contribution is -2.03. The minimum atomic E-state index is -3.83. The summed E-state index contributed by atoms with van der Waals surface area (Å²) >= 11 is 0. The van der Waals surface area contributed by atoms with E-state index >= 15 is 0 Å². The molecule has 0 aromatic heterocycles. The van der Waals surface area contributed by atoms with Gasteiger partial charge in [0.2, 0.25) is 9.84 Å². The van der Waals surface area contributed by atoms with Crippen LogP contribution < -0.4 is 4.74 Å². The molecule has 128 valence electrons. The molecule has 0 unspecified atom stereocenters. The molecule has 0 radical (unpaired) electrons. The molecular formula is C19H14F2O3S. The molecule has 25 heavy (non-hydrogen) atoms. The van der Waals surface area contributed by atoms with E-state index in [1.807, 2.05) is 0 Å². The largest absolute Gasteiger partial charge is 0.496 e. The number of halogens is 2. The van der Waals surface area contributed by atoms with Crippen LogP contribution in [0.1, 0.15) is 0 Å². The summed E-state index contributed by atoms with van der Waals surface area (Å²) in [7, 11) is -2.44. The van der Waals surface area contributed by atoms with Crippen molar-refractivity contribution in [1.82, 2.24) is 0 Å². The van der Waals surface area contributed by atoms with E-state index in [-0.39, 0.29) is 20.9 Å². The summed E-state index contributed by atoms with van der Waals surface area (Å²) in [5, 5.41) is 0. The van der Waals surface area contributed by atoms with Gasteiger partial charge in [0.15, 0.2) is 0 Å². The predicted octanol–water partition coefficient (Wildman–Crippen LogP) is 4.47. The van der Waals surface area contributed by atoms with Crippen molar-refractivity contribution in [1.29, 1.82) is 0 Å². The van der Waals surface area contributed by atoms with E-state index in [2.05, 4.69) is 0 Å². The molecule has 0 saturated heterocycles. The van der Waals surface area contributed by atoms with Gasteiger partial charge in [-0.1, -0.05) is 18.2 Å². The summed E-state index contributed by atoms with van der Waals surface area (Å²) < 4.78 is 58.3. The average Bonchev–Trinajstić information content (AvgIpc) is 2.62. The molecule has 0 bridgehead atoms. The van der Waals surface area contributed by atoms with Crippen molar-refractivity contribution in [2.75, 3.05) is 7.11 Å². The minimum absolute atomic E-state index is 0.0587. The van der Waals surface area contributed by atoms with E-state index in [1.54, 1.807) is 18.2 Å². The van der Waals surface area contributed by atoms with Crippen molar-refractivity contribution in [3.05, 3.63) is 78.4 Å². The first kappa shape index (κ1) is 17.1. The van der Waals surface area contributed by atoms with E-state index in [0.29, 0.717) is 5.75 Å². The fraction of sp³-hybridized carbons (Fsp3) is 0.0526. The second-order valence-corrected chi connectivity index (χ2v) is 7.25. The molecule has 0 spiro atoms. The molecule has 0 atom stereocenters. The topological polar surface area (TPSA) is 43.4 Å².